The highest BCUT2D eigenvalue weighted by Crippen LogP contribution is 2.35. The second-order valence-electron chi connectivity index (χ2n) is 8.56. The number of anilines is 1. The lowest BCUT2D eigenvalue weighted by Crippen LogP contribution is -2.41. The first kappa shape index (κ1) is 22.4. The summed E-state index contributed by atoms with van der Waals surface area (Å²) >= 11 is 0. The van der Waals surface area contributed by atoms with Crippen molar-refractivity contribution in [1.29, 1.82) is 0 Å². The molecule has 4 rings (SSSR count). The number of hydrogen-bond donors (Lipinski definition) is 2. The van der Waals surface area contributed by atoms with Crippen LogP contribution >= 0.6 is 0 Å². The fourth-order valence-corrected chi connectivity index (χ4v) is 4.91. The number of fused-ring (bicyclic) bond motifs is 1. The number of benzene rings is 1. The number of amides is 4. The third-order valence-corrected chi connectivity index (χ3v) is 6.46. The monoisotopic (exact) mass is 451 g/mol. The summed E-state index contributed by atoms with van der Waals surface area (Å²) in [5.41, 5.74) is 6.08. The van der Waals surface area contributed by atoms with Gasteiger partial charge in [-0.3, -0.25) is 34.2 Å². The Labute approximate surface area is 190 Å². The molecule has 9 nitrogen and oxygen atoms in total. The molecule has 1 saturated carbocycles. The van der Waals surface area contributed by atoms with Gasteiger partial charge in [0.15, 0.2) is 5.78 Å². The standard InChI is InChI=1S/C24H25N3O6/c1-12(28)18-13(2)33-22(19(18)20(25)29)26-21(30)15-8-4-3-7-14(15)11-27-23(31)16-9-5-6-10-17(16)24(27)32/h5-6,9-10,14-15H,3-4,7-8,11H2,1-2H3,(H2,25,29)(H,26,30). The Morgan fingerprint density at radius 1 is 1.06 bits per heavy atom. The summed E-state index contributed by atoms with van der Waals surface area (Å²) in [5, 5.41) is 2.63. The molecule has 0 bridgehead atoms. The maximum absolute atomic E-state index is 13.2. The molecule has 1 aliphatic carbocycles. The van der Waals surface area contributed by atoms with Crippen molar-refractivity contribution in [2.45, 2.75) is 39.5 Å². The van der Waals surface area contributed by atoms with Gasteiger partial charge in [-0.1, -0.05) is 25.0 Å². The van der Waals surface area contributed by atoms with E-state index in [9.17, 15) is 24.0 Å². The number of ketones is 1. The topological polar surface area (TPSA) is 140 Å². The minimum Gasteiger partial charge on any atom is -0.444 e. The molecular formula is C24H25N3O6. The number of carbonyl (C=O) groups is 5. The Morgan fingerprint density at radius 2 is 1.67 bits per heavy atom. The number of rotatable bonds is 6. The van der Waals surface area contributed by atoms with E-state index in [1.54, 1.807) is 24.3 Å². The van der Waals surface area contributed by atoms with E-state index in [0.717, 1.165) is 12.8 Å². The van der Waals surface area contributed by atoms with E-state index in [1.165, 1.54) is 18.7 Å². The quantitative estimate of drug-likeness (QED) is 0.511. The van der Waals surface area contributed by atoms with Crippen molar-refractivity contribution >= 4 is 35.3 Å². The van der Waals surface area contributed by atoms with Crippen molar-refractivity contribution in [2.24, 2.45) is 17.6 Å². The van der Waals surface area contributed by atoms with Gasteiger partial charge in [0.2, 0.25) is 11.8 Å². The molecule has 4 amide bonds. The lowest BCUT2D eigenvalue weighted by molar-refractivity contribution is -0.122. The van der Waals surface area contributed by atoms with E-state index < -0.39 is 23.5 Å². The van der Waals surface area contributed by atoms with Crippen LogP contribution in [0.5, 0.6) is 0 Å². The van der Waals surface area contributed by atoms with Gasteiger partial charge in [0.25, 0.3) is 17.7 Å². The lowest BCUT2D eigenvalue weighted by atomic mass is 9.78. The smallest absolute Gasteiger partial charge is 0.261 e. The Hall–Kier alpha value is -3.75. The van der Waals surface area contributed by atoms with E-state index in [-0.39, 0.29) is 47.0 Å². The number of nitrogens with zero attached hydrogens (tertiary/aromatic N) is 1. The molecule has 1 aromatic carbocycles. The Kier molecular flexibility index (Phi) is 5.88. The van der Waals surface area contributed by atoms with E-state index in [0.29, 0.717) is 24.0 Å². The van der Waals surface area contributed by atoms with Crippen LogP contribution in [0.1, 0.15) is 79.8 Å². The molecule has 2 atom stereocenters. The molecular weight excluding hydrogens is 426 g/mol. The average Bonchev–Trinajstić information content (AvgIpc) is 3.23. The maximum atomic E-state index is 13.2. The number of carbonyl (C=O) groups excluding carboxylic acids is 5. The van der Waals surface area contributed by atoms with Gasteiger partial charge >= 0.3 is 0 Å². The van der Waals surface area contributed by atoms with E-state index >= 15 is 0 Å². The first-order valence-electron chi connectivity index (χ1n) is 10.9. The van der Waals surface area contributed by atoms with Gasteiger partial charge < -0.3 is 10.2 Å². The zero-order valence-electron chi connectivity index (χ0n) is 18.5. The van der Waals surface area contributed by atoms with Crippen LogP contribution in [0.2, 0.25) is 0 Å². The summed E-state index contributed by atoms with van der Waals surface area (Å²) in [6.45, 7) is 2.93. The minimum absolute atomic E-state index is 0.0454. The zero-order valence-corrected chi connectivity index (χ0v) is 18.5. The summed E-state index contributed by atoms with van der Waals surface area (Å²) in [5.74, 6) is -3.10. The van der Waals surface area contributed by atoms with Gasteiger partial charge in [-0.15, -0.1) is 0 Å². The van der Waals surface area contributed by atoms with Crippen molar-refractivity contribution in [2.75, 3.05) is 11.9 Å². The number of furan rings is 1. The van der Waals surface area contributed by atoms with Crippen LogP contribution in [-0.4, -0.2) is 40.9 Å². The van der Waals surface area contributed by atoms with Gasteiger partial charge in [-0.2, -0.15) is 0 Å². The summed E-state index contributed by atoms with van der Waals surface area (Å²) in [6, 6.07) is 6.67. The normalized spacial score (nSPS) is 20.0. The largest absolute Gasteiger partial charge is 0.444 e. The molecule has 2 aliphatic rings. The number of primary amides is 1. The van der Waals surface area contributed by atoms with Crippen LogP contribution in [0.3, 0.4) is 0 Å². The van der Waals surface area contributed by atoms with Crippen LogP contribution in [-0.2, 0) is 4.79 Å². The van der Waals surface area contributed by atoms with Crippen molar-refractivity contribution in [3.05, 3.63) is 52.3 Å². The predicted octanol–water partition coefficient (Wildman–Crippen LogP) is 2.93. The zero-order chi connectivity index (χ0) is 23.9. The average molecular weight is 451 g/mol. The van der Waals surface area contributed by atoms with Crippen molar-refractivity contribution in [3.8, 4) is 0 Å². The molecule has 1 aliphatic heterocycles. The molecule has 172 valence electrons. The van der Waals surface area contributed by atoms with Gasteiger partial charge in [-0.25, -0.2) is 0 Å². The molecule has 1 aromatic heterocycles. The van der Waals surface area contributed by atoms with Gasteiger partial charge in [0.1, 0.15) is 11.3 Å². The molecule has 2 unspecified atom stereocenters. The first-order chi connectivity index (χ1) is 15.7. The highest BCUT2D eigenvalue weighted by Gasteiger charge is 2.40. The SMILES string of the molecule is CC(=O)c1c(C)oc(NC(=O)C2CCCCC2CN2C(=O)c3ccccc3C2=O)c1C(N)=O. The van der Waals surface area contributed by atoms with E-state index in [1.807, 2.05) is 0 Å². The second kappa shape index (κ2) is 8.65. The molecule has 0 radical (unpaired) electrons. The molecule has 0 spiro atoms. The summed E-state index contributed by atoms with van der Waals surface area (Å²) in [7, 11) is 0. The molecule has 33 heavy (non-hydrogen) atoms. The molecule has 1 fully saturated rings. The van der Waals surface area contributed by atoms with Crippen molar-refractivity contribution in [1.82, 2.24) is 4.90 Å². The fourth-order valence-electron chi connectivity index (χ4n) is 4.91. The van der Waals surface area contributed by atoms with Crippen molar-refractivity contribution < 1.29 is 28.4 Å². The lowest BCUT2D eigenvalue weighted by Gasteiger charge is -2.32. The number of hydrogen-bond acceptors (Lipinski definition) is 6. The maximum Gasteiger partial charge on any atom is 0.261 e. The van der Waals surface area contributed by atoms with Crippen LogP contribution in [0.25, 0.3) is 0 Å². The molecule has 2 aromatic rings. The van der Waals surface area contributed by atoms with Gasteiger partial charge in [-0.05, 0) is 44.7 Å². The third-order valence-electron chi connectivity index (χ3n) is 6.46. The van der Waals surface area contributed by atoms with Crippen LogP contribution in [0, 0.1) is 18.8 Å². The highest BCUT2D eigenvalue weighted by molar-refractivity contribution is 6.21. The number of Topliss-reactive ketones (excluding diaryl/α,β-unsaturated/α-hetero) is 1. The van der Waals surface area contributed by atoms with E-state index in [4.69, 9.17) is 10.2 Å². The Bertz CT molecular complexity index is 1150. The predicted molar refractivity (Wildman–Crippen MR) is 118 cm³/mol. The van der Waals surface area contributed by atoms with Crippen LogP contribution in [0.4, 0.5) is 5.88 Å². The Balaban J connectivity index is 1.55. The number of aryl methyl sites for hydroxylation is 1. The molecule has 9 heteroatoms. The number of nitrogens with one attached hydrogen (secondary N) is 1. The fraction of sp³-hybridized carbons (Fsp3) is 0.375. The highest BCUT2D eigenvalue weighted by atomic mass is 16.4. The first-order valence-corrected chi connectivity index (χ1v) is 10.9. The molecule has 3 N–H and O–H groups in total. The molecule has 2 heterocycles. The summed E-state index contributed by atoms with van der Waals surface area (Å²) < 4.78 is 5.50. The van der Waals surface area contributed by atoms with Crippen LogP contribution in [0.15, 0.2) is 28.7 Å². The second-order valence-corrected chi connectivity index (χ2v) is 8.56. The number of imide groups is 1. The van der Waals surface area contributed by atoms with E-state index in [2.05, 4.69) is 5.32 Å². The van der Waals surface area contributed by atoms with Gasteiger partial charge in [0.05, 0.1) is 16.7 Å². The van der Waals surface area contributed by atoms with Gasteiger partial charge in [0, 0.05) is 12.5 Å². The Morgan fingerprint density at radius 3 is 2.24 bits per heavy atom. The minimum atomic E-state index is -0.876. The van der Waals surface area contributed by atoms with Crippen LogP contribution < -0.4 is 11.1 Å². The molecule has 0 saturated heterocycles. The number of nitrogens with two attached hydrogens (primary N) is 1. The summed E-state index contributed by atoms with van der Waals surface area (Å²) in [4.78, 5) is 63.9. The third kappa shape index (κ3) is 3.94. The van der Waals surface area contributed by atoms with Crippen molar-refractivity contribution in [3.63, 3.8) is 0 Å². The summed E-state index contributed by atoms with van der Waals surface area (Å²) in [6.07, 6.45) is 2.92.